The van der Waals surface area contributed by atoms with Gasteiger partial charge in [0.1, 0.15) is 11.6 Å². The Labute approximate surface area is 260 Å². The van der Waals surface area contributed by atoms with Crippen LogP contribution in [-0.2, 0) is 11.3 Å². The van der Waals surface area contributed by atoms with Crippen molar-refractivity contribution in [1.82, 2.24) is 19.8 Å². The second kappa shape index (κ2) is 14.9. The monoisotopic (exact) mass is 591 g/mol. The molecule has 1 aromatic rings. The minimum Gasteiger partial charge on any atom is -0.508 e. The third kappa shape index (κ3) is 9.49. The summed E-state index contributed by atoms with van der Waals surface area (Å²) in [7, 11) is 4.04. The Kier molecular flexibility index (Phi) is 11.6. The van der Waals surface area contributed by atoms with Crippen molar-refractivity contribution in [3.63, 3.8) is 0 Å². The van der Waals surface area contributed by atoms with Crippen LogP contribution in [0.2, 0.25) is 0 Å². The molecule has 0 saturated heterocycles. The Bertz CT molecular complexity index is 1350. The van der Waals surface area contributed by atoms with Crippen LogP contribution in [0, 0.1) is 5.41 Å². The van der Waals surface area contributed by atoms with E-state index in [1.165, 1.54) is 5.57 Å². The van der Waals surface area contributed by atoms with E-state index >= 15 is 0 Å². The largest absolute Gasteiger partial charge is 0.508 e. The number of nitrogens with one attached hydrogen (secondary N) is 1. The number of hydrogen-bond donors (Lipinski definition) is 2. The Balaban J connectivity index is 0.00000675. The first-order chi connectivity index (χ1) is 20.3. The van der Waals surface area contributed by atoms with Gasteiger partial charge in [0.05, 0.1) is 25.1 Å². The molecule has 1 aliphatic carbocycles. The molecule has 0 saturated carbocycles. The zero-order valence-corrected chi connectivity index (χ0v) is 27.7. The number of nitrogens with zero attached hydrogens (tertiary/aromatic N) is 6. The predicted molar refractivity (Wildman–Crippen MR) is 182 cm³/mol. The van der Waals surface area contributed by atoms with Crippen molar-refractivity contribution in [1.29, 1.82) is 0 Å². The van der Waals surface area contributed by atoms with E-state index in [1.807, 2.05) is 57.4 Å². The van der Waals surface area contributed by atoms with Crippen LogP contribution >= 0.6 is 0 Å². The molecule has 3 rings (SSSR count). The van der Waals surface area contributed by atoms with E-state index in [2.05, 4.69) is 73.5 Å². The summed E-state index contributed by atoms with van der Waals surface area (Å²) in [5.74, 6) is 2.80. The maximum atomic E-state index is 10.3. The second-order valence-electron chi connectivity index (χ2n) is 12.3. The molecule has 43 heavy (non-hydrogen) atoms. The standard InChI is InChI=1S/C34H51N7O2.H2/c1-11-25(21-34(6,7)8)19-28(24(4)5)36-32-27-22-39(9)23-35-31(27)37-33(38-32)41(12-2)18-17-40(10)26-15-14-16-29(42)30(20-26)43-13-3;/h11,14-15,19-20,23,42H,4,12-13,16-18,21-22H2,1-3,5-10H3,(H,36,37,38);1H/b25-11+,28-19+;. The molecule has 1 aliphatic heterocycles. The summed E-state index contributed by atoms with van der Waals surface area (Å²) in [6.45, 7) is 22.4. The van der Waals surface area contributed by atoms with Crippen molar-refractivity contribution in [2.75, 3.05) is 50.6 Å². The van der Waals surface area contributed by atoms with E-state index in [4.69, 9.17) is 14.7 Å². The second-order valence-corrected chi connectivity index (χ2v) is 12.3. The Morgan fingerprint density at radius 3 is 2.63 bits per heavy atom. The number of allylic oxidation sites excluding steroid dienone is 7. The average molecular weight is 592 g/mol. The molecule has 2 aliphatic rings. The number of fused-ring (bicyclic) bond motifs is 1. The van der Waals surface area contributed by atoms with Crippen molar-refractivity contribution in [2.45, 2.75) is 67.9 Å². The van der Waals surface area contributed by atoms with Gasteiger partial charge in [-0.1, -0.05) is 39.5 Å². The fourth-order valence-electron chi connectivity index (χ4n) is 4.80. The molecule has 1 aromatic heterocycles. The number of aliphatic hydroxyl groups excluding tert-OH is 1. The number of aliphatic hydroxyl groups is 1. The molecule has 9 nitrogen and oxygen atoms in total. The molecule has 0 atom stereocenters. The third-order valence-electron chi connectivity index (χ3n) is 7.18. The van der Waals surface area contributed by atoms with E-state index in [0.29, 0.717) is 50.2 Å². The first-order valence-corrected chi connectivity index (χ1v) is 15.2. The van der Waals surface area contributed by atoms with Crippen LogP contribution in [-0.4, -0.2) is 71.5 Å². The quantitative estimate of drug-likeness (QED) is 0.228. The third-order valence-corrected chi connectivity index (χ3v) is 7.18. The molecule has 236 valence electrons. The molecular weight excluding hydrogens is 538 g/mol. The summed E-state index contributed by atoms with van der Waals surface area (Å²) < 4.78 is 5.67. The van der Waals surface area contributed by atoms with Gasteiger partial charge in [-0.05, 0) is 62.8 Å². The van der Waals surface area contributed by atoms with Gasteiger partial charge in [0, 0.05) is 59.0 Å². The number of anilines is 2. The molecule has 2 heterocycles. The first-order valence-electron chi connectivity index (χ1n) is 15.2. The van der Waals surface area contributed by atoms with Crippen LogP contribution < -0.4 is 10.2 Å². The molecule has 2 N–H and O–H groups in total. The fraction of sp³-hybridized carbons (Fsp3) is 0.500. The Hall–Kier alpha value is -4.01. The highest BCUT2D eigenvalue weighted by molar-refractivity contribution is 5.71. The summed E-state index contributed by atoms with van der Waals surface area (Å²) >= 11 is 0. The van der Waals surface area contributed by atoms with Crippen molar-refractivity contribution in [3.05, 3.63) is 76.6 Å². The Morgan fingerprint density at radius 1 is 1.26 bits per heavy atom. The predicted octanol–water partition coefficient (Wildman–Crippen LogP) is 7.49. The zero-order chi connectivity index (χ0) is 31.7. The normalized spacial score (nSPS) is 15.7. The summed E-state index contributed by atoms with van der Waals surface area (Å²) in [5, 5.41) is 13.9. The molecule has 0 spiro atoms. The van der Waals surface area contributed by atoms with Gasteiger partial charge in [0.15, 0.2) is 11.6 Å². The number of rotatable bonds is 13. The highest BCUT2D eigenvalue weighted by Gasteiger charge is 2.22. The lowest BCUT2D eigenvalue weighted by Gasteiger charge is -2.28. The molecule has 0 bridgehead atoms. The van der Waals surface area contributed by atoms with E-state index in [9.17, 15) is 5.11 Å². The number of aromatic nitrogens is 2. The van der Waals surface area contributed by atoms with Gasteiger partial charge in [-0.2, -0.15) is 9.97 Å². The van der Waals surface area contributed by atoms with Gasteiger partial charge in [-0.3, -0.25) is 0 Å². The minimum absolute atomic E-state index is 0. The van der Waals surface area contributed by atoms with Crippen molar-refractivity contribution in [2.24, 2.45) is 10.4 Å². The summed E-state index contributed by atoms with van der Waals surface area (Å²) in [6.07, 6.45) is 13.4. The highest BCUT2D eigenvalue weighted by Crippen LogP contribution is 2.32. The lowest BCUT2D eigenvalue weighted by atomic mass is 9.87. The summed E-state index contributed by atoms with van der Waals surface area (Å²) in [6, 6.07) is 0. The summed E-state index contributed by atoms with van der Waals surface area (Å²) in [5.41, 5.74) is 5.19. The topological polar surface area (TPSA) is 89.4 Å². The van der Waals surface area contributed by atoms with Crippen molar-refractivity contribution < 1.29 is 11.3 Å². The SMILES string of the molecule is C=C(C)/C(=C\C(=C/C)CC(C)(C)C)Nc1nc(N(CC)CCN(C)C2=CC(OCC)=C(O)CC=C2)nc2c1CN(C)C=N2.[HH]. The van der Waals surface area contributed by atoms with Crippen molar-refractivity contribution in [3.8, 4) is 0 Å². The smallest absolute Gasteiger partial charge is 0.229 e. The maximum Gasteiger partial charge on any atom is 0.229 e. The minimum atomic E-state index is 0. The molecule has 0 radical (unpaired) electrons. The number of ether oxygens (including phenoxy) is 1. The van der Waals surface area contributed by atoms with Gasteiger partial charge in [-0.25, -0.2) is 4.99 Å². The molecule has 0 amide bonds. The number of hydrogen-bond acceptors (Lipinski definition) is 9. The lowest BCUT2D eigenvalue weighted by Crippen LogP contribution is -2.34. The van der Waals surface area contributed by atoms with E-state index in [0.717, 1.165) is 41.3 Å². The van der Waals surface area contributed by atoms with Gasteiger partial charge in [0.2, 0.25) is 5.95 Å². The van der Waals surface area contributed by atoms with Crippen LogP contribution in [0.5, 0.6) is 0 Å². The van der Waals surface area contributed by atoms with Crippen LogP contribution in [0.25, 0.3) is 0 Å². The average Bonchev–Trinajstić information content (AvgIpc) is 3.13. The van der Waals surface area contributed by atoms with E-state index in [1.54, 1.807) is 0 Å². The number of aliphatic imine (C=N–C) groups is 1. The lowest BCUT2D eigenvalue weighted by molar-refractivity contribution is 0.215. The van der Waals surface area contributed by atoms with Gasteiger partial charge in [-0.15, -0.1) is 0 Å². The van der Waals surface area contributed by atoms with Crippen LogP contribution in [0.4, 0.5) is 17.6 Å². The highest BCUT2D eigenvalue weighted by atomic mass is 16.5. The van der Waals surface area contributed by atoms with E-state index in [-0.39, 0.29) is 12.6 Å². The fourth-order valence-corrected chi connectivity index (χ4v) is 4.80. The van der Waals surface area contributed by atoms with Crippen LogP contribution in [0.1, 0.15) is 68.3 Å². The van der Waals surface area contributed by atoms with Gasteiger partial charge >= 0.3 is 0 Å². The molecule has 0 fully saturated rings. The molecular formula is C34H53N7O2. The molecule has 0 unspecified atom stereocenters. The molecule has 0 aromatic carbocycles. The van der Waals surface area contributed by atoms with Crippen molar-refractivity contribution >= 4 is 23.9 Å². The molecule has 9 heteroatoms. The summed E-state index contributed by atoms with van der Waals surface area (Å²) in [4.78, 5) is 21.0. The first kappa shape index (κ1) is 33.5. The van der Waals surface area contributed by atoms with Gasteiger partial charge < -0.3 is 29.9 Å². The van der Waals surface area contributed by atoms with Crippen LogP contribution in [0.3, 0.4) is 0 Å². The number of likely N-dealkylation sites (N-methyl/N-ethyl adjacent to an activating group) is 2. The maximum absolute atomic E-state index is 10.3. The van der Waals surface area contributed by atoms with Crippen LogP contribution in [0.15, 0.2) is 76.0 Å². The van der Waals surface area contributed by atoms with E-state index < -0.39 is 0 Å². The zero-order valence-electron chi connectivity index (χ0n) is 27.7. The Morgan fingerprint density at radius 2 is 2.00 bits per heavy atom. The van der Waals surface area contributed by atoms with Gasteiger partial charge in [0.25, 0.3) is 0 Å².